The SMILES string of the molecule is Cc1cc(C(F)(F)F)ccc1C1(O)CCCOC1. The third-order valence-corrected chi connectivity index (χ3v) is 3.27. The van der Waals surface area contributed by atoms with E-state index in [1.54, 1.807) is 6.92 Å². The molecule has 1 unspecified atom stereocenters. The van der Waals surface area contributed by atoms with E-state index in [-0.39, 0.29) is 6.61 Å². The van der Waals surface area contributed by atoms with E-state index >= 15 is 0 Å². The Morgan fingerprint density at radius 2 is 2.06 bits per heavy atom. The van der Waals surface area contributed by atoms with Crippen LogP contribution < -0.4 is 0 Å². The van der Waals surface area contributed by atoms with E-state index < -0.39 is 17.3 Å². The summed E-state index contributed by atoms with van der Waals surface area (Å²) in [5, 5.41) is 10.4. The van der Waals surface area contributed by atoms with Crippen LogP contribution in [-0.2, 0) is 16.5 Å². The Balaban J connectivity index is 2.35. The molecule has 0 bridgehead atoms. The van der Waals surface area contributed by atoms with Gasteiger partial charge in [-0.3, -0.25) is 0 Å². The molecule has 0 amide bonds. The summed E-state index contributed by atoms with van der Waals surface area (Å²) >= 11 is 0. The summed E-state index contributed by atoms with van der Waals surface area (Å²) in [6.45, 7) is 2.30. The second-order valence-corrected chi connectivity index (χ2v) is 4.72. The fourth-order valence-corrected chi connectivity index (χ4v) is 2.35. The minimum Gasteiger partial charge on any atom is -0.383 e. The second-order valence-electron chi connectivity index (χ2n) is 4.72. The Labute approximate surface area is 103 Å². The number of benzene rings is 1. The number of hydrogen-bond acceptors (Lipinski definition) is 2. The summed E-state index contributed by atoms with van der Waals surface area (Å²) in [5.41, 5.74) is -0.885. The minimum absolute atomic E-state index is 0.138. The first kappa shape index (κ1) is 13.4. The van der Waals surface area contributed by atoms with E-state index in [4.69, 9.17) is 4.74 Å². The number of hydrogen-bond donors (Lipinski definition) is 1. The van der Waals surface area contributed by atoms with Gasteiger partial charge in [-0.05, 0) is 43.0 Å². The van der Waals surface area contributed by atoms with Gasteiger partial charge in [-0.2, -0.15) is 13.2 Å². The van der Waals surface area contributed by atoms with Gasteiger partial charge < -0.3 is 9.84 Å². The molecule has 0 spiro atoms. The molecule has 1 atom stereocenters. The van der Waals surface area contributed by atoms with Crippen LogP contribution in [0.2, 0.25) is 0 Å². The predicted octanol–water partition coefficient (Wildman–Crippen LogP) is 3.01. The van der Waals surface area contributed by atoms with Gasteiger partial charge in [0.05, 0.1) is 12.2 Å². The highest BCUT2D eigenvalue weighted by Crippen LogP contribution is 2.36. The van der Waals surface area contributed by atoms with Crippen molar-refractivity contribution in [2.24, 2.45) is 0 Å². The zero-order valence-corrected chi connectivity index (χ0v) is 10.0. The molecular weight excluding hydrogens is 245 g/mol. The molecule has 0 radical (unpaired) electrons. The van der Waals surface area contributed by atoms with Crippen LogP contribution in [0.15, 0.2) is 18.2 Å². The maximum absolute atomic E-state index is 12.6. The summed E-state index contributed by atoms with van der Waals surface area (Å²) < 4.78 is 42.9. The van der Waals surface area contributed by atoms with Crippen LogP contribution in [0.1, 0.15) is 29.5 Å². The van der Waals surface area contributed by atoms with Gasteiger partial charge in [0, 0.05) is 6.61 Å². The lowest BCUT2D eigenvalue weighted by Gasteiger charge is -2.33. The lowest BCUT2D eigenvalue weighted by Crippen LogP contribution is -2.36. The standard InChI is InChI=1S/C13H15F3O2/c1-9-7-10(13(14,15)16)3-4-11(9)12(17)5-2-6-18-8-12/h3-4,7,17H,2,5-6,8H2,1H3. The molecule has 0 aromatic heterocycles. The third kappa shape index (κ3) is 2.52. The van der Waals surface area contributed by atoms with E-state index in [1.165, 1.54) is 6.07 Å². The highest BCUT2D eigenvalue weighted by molar-refractivity contribution is 5.36. The lowest BCUT2D eigenvalue weighted by molar-refractivity contribution is -0.137. The smallest absolute Gasteiger partial charge is 0.383 e. The molecule has 1 heterocycles. The first-order valence-corrected chi connectivity index (χ1v) is 5.81. The maximum atomic E-state index is 12.6. The summed E-state index contributed by atoms with van der Waals surface area (Å²) in [6, 6.07) is 3.43. The Morgan fingerprint density at radius 3 is 2.56 bits per heavy atom. The molecule has 1 N–H and O–H groups in total. The van der Waals surface area contributed by atoms with Crippen molar-refractivity contribution in [1.29, 1.82) is 0 Å². The lowest BCUT2D eigenvalue weighted by atomic mass is 9.85. The number of alkyl halides is 3. The summed E-state index contributed by atoms with van der Waals surface area (Å²) in [5.74, 6) is 0. The maximum Gasteiger partial charge on any atom is 0.416 e. The molecule has 100 valence electrons. The molecule has 2 nitrogen and oxygen atoms in total. The van der Waals surface area contributed by atoms with Crippen molar-refractivity contribution >= 4 is 0 Å². The van der Waals surface area contributed by atoms with Crippen LogP contribution in [0, 0.1) is 6.92 Å². The highest BCUT2D eigenvalue weighted by Gasteiger charge is 2.36. The quantitative estimate of drug-likeness (QED) is 0.841. The van der Waals surface area contributed by atoms with Crippen LogP contribution in [0.4, 0.5) is 13.2 Å². The van der Waals surface area contributed by atoms with Gasteiger partial charge in [0.1, 0.15) is 5.60 Å². The molecule has 5 heteroatoms. The Hall–Kier alpha value is -1.07. The van der Waals surface area contributed by atoms with Gasteiger partial charge in [0.15, 0.2) is 0 Å². The van der Waals surface area contributed by atoms with Gasteiger partial charge in [0.25, 0.3) is 0 Å². The Bertz CT molecular complexity index is 434. The largest absolute Gasteiger partial charge is 0.416 e. The van der Waals surface area contributed by atoms with Crippen molar-refractivity contribution in [1.82, 2.24) is 0 Å². The van der Waals surface area contributed by atoms with Crippen LogP contribution in [0.3, 0.4) is 0 Å². The van der Waals surface area contributed by atoms with E-state index in [2.05, 4.69) is 0 Å². The molecule has 1 aromatic rings. The van der Waals surface area contributed by atoms with Crippen molar-refractivity contribution < 1.29 is 23.0 Å². The second kappa shape index (κ2) is 4.55. The summed E-state index contributed by atoms with van der Waals surface area (Å²) in [4.78, 5) is 0. The number of aliphatic hydroxyl groups is 1. The van der Waals surface area contributed by atoms with E-state index in [1.807, 2.05) is 0 Å². The van der Waals surface area contributed by atoms with Crippen LogP contribution in [-0.4, -0.2) is 18.3 Å². The van der Waals surface area contributed by atoms with E-state index in [0.717, 1.165) is 12.1 Å². The fraction of sp³-hybridized carbons (Fsp3) is 0.538. The van der Waals surface area contributed by atoms with E-state index in [0.29, 0.717) is 30.6 Å². The predicted molar refractivity (Wildman–Crippen MR) is 60.1 cm³/mol. The normalized spacial score (nSPS) is 25.2. The molecule has 1 aliphatic rings. The third-order valence-electron chi connectivity index (χ3n) is 3.27. The summed E-state index contributed by atoms with van der Waals surface area (Å²) in [6.07, 6.45) is -3.13. The Kier molecular flexibility index (Phi) is 3.38. The molecule has 1 saturated heterocycles. The fourth-order valence-electron chi connectivity index (χ4n) is 2.35. The van der Waals surface area contributed by atoms with Gasteiger partial charge in [-0.15, -0.1) is 0 Å². The van der Waals surface area contributed by atoms with Crippen molar-refractivity contribution in [3.05, 3.63) is 34.9 Å². The van der Waals surface area contributed by atoms with Crippen molar-refractivity contribution in [3.8, 4) is 0 Å². The summed E-state index contributed by atoms with van der Waals surface area (Å²) in [7, 11) is 0. The number of halogens is 3. The average Bonchev–Trinajstić information content (AvgIpc) is 2.28. The molecule has 1 aliphatic heterocycles. The van der Waals surface area contributed by atoms with Crippen molar-refractivity contribution in [2.45, 2.75) is 31.5 Å². The van der Waals surface area contributed by atoms with Gasteiger partial charge in [0.2, 0.25) is 0 Å². The number of aryl methyl sites for hydroxylation is 1. The van der Waals surface area contributed by atoms with Crippen LogP contribution in [0.5, 0.6) is 0 Å². The monoisotopic (exact) mass is 260 g/mol. The van der Waals surface area contributed by atoms with Crippen molar-refractivity contribution in [2.75, 3.05) is 13.2 Å². The van der Waals surface area contributed by atoms with Crippen LogP contribution in [0.25, 0.3) is 0 Å². The van der Waals surface area contributed by atoms with E-state index in [9.17, 15) is 18.3 Å². The average molecular weight is 260 g/mol. The zero-order chi connectivity index (χ0) is 13.4. The minimum atomic E-state index is -4.35. The van der Waals surface area contributed by atoms with Crippen molar-refractivity contribution in [3.63, 3.8) is 0 Å². The first-order valence-electron chi connectivity index (χ1n) is 5.81. The number of ether oxygens (including phenoxy) is 1. The highest BCUT2D eigenvalue weighted by atomic mass is 19.4. The number of rotatable bonds is 1. The van der Waals surface area contributed by atoms with Gasteiger partial charge in [-0.25, -0.2) is 0 Å². The van der Waals surface area contributed by atoms with Gasteiger partial charge in [-0.1, -0.05) is 6.07 Å². The molecule has 1 fully saturated rings. The first-order chi connectivity index (χ1) is 8.33. The molecular formula is C13H15F3O2. The molecule has 0 saturated carbocycles. The molecule has 0 aliphatic carbocycles. The molecule has 18 heavy (non-hydrogen) atoms. The Morgan fingerprint density at radius 1 is 1.33 bits per heavy atom. The van der Waals surface area contributed by atoms with Gasteiger partial charge >= 0.3 is 6.18 Å². The molecule has 1 aromatic carbocycles. The topological polar surface area (TPSA) is 29.5 Å². The molecule has 2 rings (SSSR count). The zero-order valence-electron chi connectivity index (χ0n) is 10.0. The van der Waals surface area contributed by atoms with Crippen LogP contribution >= 0.6 is 0 Å².